The summed E-state index contributed by atoms with van der Waals surface area (Å²) >= 11 is 9.53. The second kappa shape index (κ2) is 3.83. The van der Waals surface area contributed by atoms with Crippen LogP contribution >= 0.6 is 27.7 Å². The number of ether oxygens (including phenoxy) is 1. The van der Waals surface area contributed by atoms with E-state index in [4.69, 9.17) is 16.5 Å². The minimum atomic E-state index is 0.627. The lowest BCUT2D eigenvalue weighted by Crippen LogP contribution is -2.19. The highest BCUT2D eigenvalue weighted by atomic mass is 79.9. The quantitative estimate of drug-likeness (QED) is 0.728. The summed E-state index contributed by atoms with van der Waals surface area (Å²) in [4.78, 5) is 0. The molecule has 0 fully saturated rings. The molecule has 74 valence electrons. The lowest BCUT2D eigenvalue weighted by Gasteiger charge is -2.26. The first-order chi connectivity index (χ1) is 6.74. The number of hydrogen-bond donors (Lipinski definition) is 0. The summed E-state index contributed by atoms with van der Waals surface area (Å²) in [7, 11) is 1.66. The van der Waals surface area contributed by atoms with Crippen LogP contribution in [0.2, 0.25) is 0 Å². The fraction of sp³-hybridized carbons (Fsp3) is 0.200. The van der Waals surface area contributed by atoms with Gasteiger partial charge in [0.05, 0.1) is 23.8 Å². The van der Waals surface area contributed by atoms with Gasteiger partial charge in [0.2, 0.25) is 0 Å². The van der Waals surface area contributed by atoms with Crippen molar-refractivity contribution in [1.82, 2.24) is 0 Å². The molecule has 0 bridgehead atoms. The zero-order chi connectivity index (χ0) is 10.1. The molecule has 1 aromatic rings. The third-order valence-corrected chi connectivity index (χ3v) is 3.05. The molecule has 0 atom stereocenters. The highest BCUT2D eigenvalue weighted by molar-refractivity contribution is 9.11. The largest absolute Gasteiger partial charge is 0.495 e. The van der Waals surface area contributed by atoms with Crippen LogP contribution in [-0.4, -0.2) is 13.7 Å². The monoisotopic (exact) mass is 273 g/mol. The Hall–Kier alpha value is -0.670. The SMILES string of the molecule is COC1=C(Br)CN(Cl)c2ccccc21. The van der Waals surface area contributed by atoms with Gasteiger partial charge in [-0.3, -0.25) is 4.42 Å². The van der Waals surface area contributed by atoms with Crippen LogP contribution in [0.5, 0.6) is 0 Å². The molecular formula is C10H9BrClNO. The molecule has 0 saturated heterocycles. The molecular weight excluding hydrogens is 265 g/mol. The molecule has 14 heavy (non-hydrogen) atoms. The van der Waals surface area contributed by atoms with Gasteiger partial charge in [-0.1, -0.05) is 12.1 Å². The minimum absolute atomic E-state index is 0.627. The molecule has 0 N–H and O–H groups in total. The normalized spacial score (nSPS) is 15.5. The fourth-order valence-electron chi connectivity index (χ4n) is 1.52. The topological polar surface area (TPSA) is 12.5 Å². The average Bonchev–Trinajstić information content (AvgIpc) is 2.18. The Morgan fingerprint density at radius 1 is 1.43 bits per heavy atom. The van der Waals surface area contributed by atoms with Crippen LogP contribution in [0.3, 0.4) is 0 Å². The molecule has 2 nitrogen and oxygen atoms in total. The molecule has 1 heterocycles. The van der Waals surface area contributed by atoms with Crippen molar-refractivity contribution >= 4 is 39.2 Å². The number of anilines is 1. The number of fused-ring (bicyclic) bond motifs is 1. The Labute approximate surface area is 96.4 Å². The van der Waals surface area contributed by atoms with Gasteiger partial charge in [0, 0.05) is 17.3 Å². The third-order valence-electron chi connectivity index (χ3n) is 2.14. The number of methoxy groups -OCH3 is 1. The van der Waals surface area contributed by atoms with E-state index in [2.05, 4.69) is 15.9 Å². The lowest BCUT2D eigenvalue weighted by molar-refractivity contribution is 0.368. The maximum atomic E-state index is 6.08. The first-order valence-electron chi connectivity index (χ1n) is 4.19. The van der Waals surface area contributed by atoms with Crippen molar-refractivity contribution in [3.05, 3.63) is 34.3 Å². The Bertz CT molecular complexity index is 391. The van der Waals surface area contributed by atoms with Gasteiger partial charge in [0.25, 0.3) is 0 Å². The molecule has 0 unspecified atom stereocenters. The fourth-order valence-corrected chi connectivity index (χ4v) is 2.56. The molecule has 1 aromatic carbocycles. The summed E-state index contributed by atoms with van der Waals surface area (Å²) in [5, 5.41) is 0. The second-order valence-electron chi connectivity index (χ2n) is 2.98. The van der Waals surface area contributed by atoms with Crippen LogP contribution in [-0.2, 0) is 4.74 Å². The molecule has 0 spiro atoms. The Balaban J connectivity index is 2.59. The van der Waals surface area contributed by atoms with Crippen molar-refractivity contribution in [2.45, 2.75) is 0 Å². The van der Waals surface area contributed by atoms with E-state index in [9.17, 15) is 0 Å². The molecule has 4 heteroatoms. The number of halogens is 2. The van der Waals surface area contributed by atoms with Crippen molar-refractivity contribution in [2.75, 3.05) is 18.1 Å². The van der Waals surface area contributed by atoms with E-state index < -0.39 is 0 Å². The van der Waals surface area contributed by atoms with Crippen molar-refractivity contribution in [3.8, 4) is 0 Å². The Morgan fingerprint density at radius 2 is 2.14 bits per heavy atom. The van der Waals surface area contributed by atoms with Crippen molar-refractivity contribution in [1.29, 1.82) is 0 Å². The van der Waals surface area contributed by atoms with Crippen molar-refractivity contribution < 1.29 is 4.74 Å². The zero-order valence-corrected chi connectivity index (χ0v) is 9.97. The summed E-state index contributed by atoms with van der Waals surface area (Å²) in [6.45, 7) is 0.627. The maximum absolute atomic E-state index is 6.08. The van der Waals surface area contributed by atoms with Crippen LogP contribution in [0, 0.1) is 0 Å². The summed E-state index contributed by atoms with van der Waals surface area (Å²) in [6, 6.07) is 7.89. The van der Waals surface area contributed by atoms with Gasteiger partial charge in [-0.2, -0.15) is 0 Å². The number of nitrogens with zero attached hydrogens (tertiary/aromatic N) is 1. The summed E-state index contributed by atoms with van der Waals surface area (Å²) in [6.07, 6.45) is 0. The van der Waals surface area contributed by atoms with Crippen LogP contribution in [0.1, 0.15) is 5.56 Å². The van der Waals surface area contributed by atoms with E-state index >= 15 is 0 Å². The molecule has 0 aromatic heterocycles. The van der Waals surface area contributed by atoms with Crippen molar-refractivity contribution in [2.24, 2.45) is 0 Å². The molecule has 0 amide bonds. The standard InChI is InChI=1S/C10H9BrClNO/c1-14-10-7-4-2-3-5-9(7)13(12)6-8(10)11/h2-5H,6H2,1H3. The van der Waals surface area contributed by atoms with E-state index in [1.807, 2.05) is 24.3 Å². The molecule has 2 rings (SSSR count). The summed E-state index contributed by atoms with van der Waals surface area (Å²) in [5.74, 6) is 0.859. The second-order valence-corrected chi connectivity index (χ2v) is 4.34. The van der Waals surface area contributed by atoms with Gasteiger partial charge in [-0.15, -0.1) is 0 Å². The van der Waals surface area contributed by atoms with Gasteiger partial charge >= 0.3 is 0 Å². The van der Waals surface area contributed by atoms with Gasteiger partial charge in [-0.25, -0.2) is 0 Å². The highest BCUT2D eigenvalue weighted by Crippen LogP contribution is 2.37. The van der Waals surface area contributed by atoms with E-state index in [0.29, 0.717) is 6.54 Å². The average molecular weight is 275 g/mol. The van der Waals surface area contributed by atoms with E-state index in [1.165, 1.54) is 0 Å². The van der Waals surface area contributed by atoms with E-state index in [1.54, 1.807) is 11.5 Å². The van der Waals surface area contributed by atoms with Crippen molar-refractivity contribution in [3.63, 3.8) is 0 Å². The lowest BCUT2D eigenvalue weighted by atomic mass is 10.1. The Morgan fingerprint density at radius 3 is 2.86 bits per heavy atom. The van der Waals surface area contributed by atoms with Crippen LogP contribution in [0.15, 0.2) is 28.7 Å². The maximum Gasteiger partial charge on any atom is 0.140 e. The smallest absolute Gasteiger partial charge is 0.140 e. The molecule has 0 aliphatic carbocycles. The third kappa shape index (κ3) is 1.51. The Kier molecular flexibility index (Phi) is 2.70. The van der Waals surface area contributed by atoms with Crippen LogP contribution in [0.25, 0.3) is 5.76 Å². The van der Waals surface area contributed by atoms with E-state index in [0.717, 1.165) is 21.5 Å². The molecule has 0 radical (unpaired) electrons. The summed E-state index contributed by atoms with van der Waals surface area (Å²) in [5.41, 5.74) is 2.00. The number of benzene rings is 1. The number of rotatable bonds is 1. The number of hydrogen-bond acceptors (Lipinski definition) is 2. The van der Waals surface area contributed by atoms with Gasteiger partial charge in [0.1, 0.15) is 5.76 Å². The van der Waals surface area contributed by atoms with Gasteiger partial charge in [0.15, 0.2) is 0 Å². The first-order valence-corrected chi connectivity index (χ1v) is 5.32. The molecule has 1 aliphatic heterocycles. The predicted molar refractivity (Wildman–Crippen MR) is 62.5 cm³/mol. The number of para-hydroxylation sites is 1. The highest BCUT2D eigenvalue weighted by Gasteiger charge is 2.22. The zero-order valence-electron chi connectivity index (χ0n) is 7.63. The van der Waals surface area contributed by atoms with Gasteiger partial charge in [-0.05, 0) is 28.1 Å². The predicted octanol–water partition coefficient (Wildman–Crippen LogP) is 3.37. The van der Waals surface area contributed by atoms with Gasteiger partial charge < -0.3 is 4.74 Å². The van der Waals surface area contributed by atoms with Crippen LogP contribution in [0.4, 0.5) is 5.69 Å². The van der Waals surface area contributed by atoms with E-state index in [-0.39, 0.29) is 0 Å². The summed E-state index contributed by atoms with van der Waals surface area (Å²) < 4.78 is 7.96. The first kappa shape index (κ1) is 9.87. The van der Waals surface area contributed by atoms with Crippen LogP contribution < -0.4 is 4.42 Å². The molecule has 0 saturated carbocycles. The molecule has 1 aliphatic rings. The minimum Gasteiger partial charge on any atom is -0.495 e.